The number of carbonyl (C=O) groups excluding carboxylic acids is 2. The second-order valence-corrected chi connectivity index (χ2v) is 14.4. The first-order valence-corrected chi connectivity index (χ1v) is 17.1. The van der Waals surface area contributed by atoms with Gasteiger partial charge in [0.1, 0.15) is 23.3 Å². The van der Waals surface area contributed by atoms with Crippen LogP contribution in [0.5, 0.6) is 5.75 Å². The Morgan fingerprint density at radius 1 is 1.27 bits per heavy atom. The molecule has 3 heterocycles. The summed E-state index contributed by atoms with van der Waals surface area (Å²) in [6.45, 7) is 3.97. The van der Waals surface area contributed by atoms with Crippen molar-refractivity contribution in [2.75, 3.05) is 5.73 Å². The number of β-lactam (4-membered cyclic amide) rings is 1. The van der Waals surface area contributed by atoms with Crippen molar-refractivity contribution in [3.8, 4) is 5.75 Å². The molecule has 2 aromatic rings. The minimum Gasteiger partial charge on any atom is -0.485 e. The molecular weight excluding hydrogens is 672 g/mol. The molecule has 0 spiro atoms. The number of hydrogen-bond donors (Lipinski definition) is 7. The van der Waals surface area contributed by atoms with Gasteiger partial charge in [-0.05, 0) is 76.6 Å². The van der Waals surface area contributed by atoms with E-state index in [1.54, 1.807) is 12.1 Å². The second kappa shape index (κ2) is 12.9. The first-order valence-electron chi connectivity index (χ1n) is 14.8. The minimum absolute atomic E-state index is 0.0564. The van der Waals surface area contributed by atoms with Crippen LogP contribution in [-0.2, 0) is 40.3 Å². The molecule has 1 saturated heterocycles. The average Bonchev–Trinajstić information content (AvgIpc) is 3.64. The summed E-state index contributed by atoms with van der Waals surface area (Å²) in [5.41, 5.74) is 8.99. The van der Waals surface area contributed by atoms with Gasteiger partial charge in [0.05, 0.1) is 5.54 Å². The summed E-state index contributed by atoms with van der Waals surface area (Å²) in [7, 11) is -5.03. The number of hydroxylamine groups is 2. The number of carboxylic acid groups (broad SMARTS) is 1. The molecule has 2 fully saturated rings. The van der Waals surface area contributed by atoms with Gasteiger partial charge in [0, 0.05) is 23.0 Å². The number of nitrogen functional groups attached to an aromatic ring is 1. The number of amides is 2. The second-order valence-electron chi connectivity index (χ2n) is 12.5. The number of ether oxygens (including phenoxy) is 1. The lowest BCUT2D eigenvalue weighted by molar-refractivity contribution is -0.218. The van der Waals surface area contributed by atoms with Crippen LogP contribution in [0, 0.1) is 5.41 Å². The predicted octanol–water partition coefficient (Wildman–Crippen LogP) is 0.318. The molecule has 48 heavy (non-hydrogen) atoms. The number of amidine groups is 1. The van der Waals surface area contributed by atoms with E-state index in [1.165, 1.54) is 26.2 Å². The largest absolute Gasteiger partial charge is 0.485 e. The molecule has 9 N–H and O–H groups in total. The van der Waals surface area contributed by atoms with E-state index in [0.717, 1.165) is 36.2 Å². The Kier molecular flexibility index (Phi) is 9.40. The van der Waals surface area contributed by atoms with Crippen molar-refractivity contribution in [3.63, 3.8) is 0 Å². The SMILES string of the molecule is CC(O/N=C(\C(=O)N[C@@H]1C(=O)N(OS(=O)(=O)O)C1(C)C)c1csc(N)n1)(C(=O)O)[C@H]1CCc2cc(C(=N)N[C@@H]3CC[C@@H](N)C3)ccc2O1. The minimum atomic E-state index is -5.03. The molecule has 1 aromatic carbocycles. The summed E-state index contributed by atoms with van der Waals surface area (Å²) in [6.07, 6.45) is 2.08. The molecule has 0 bridgehead atoms. The molecule has 20 heteroatoms. The van der Waals surface area contributed by atoms with Gasteiger partial charge in [-0.15, -0.1) is 15.6 Å². The molecular formula is C28H36N8O10S2. The van der Waals surface area contributed by atoms with Crippen LogP contribution >= 0.6 is 11.3 Å². The van der Waals surface area contributed by atoms with Gasteiger partial charge in [0.2, 0.25) is 0 Å². The molecule has 1 unspecified atom stereocenters. The topological polar surface area (TPSA) is 282 Å². The highest BCUT2D eigenvalue weighted by Crippen LogP contribution is 2.35. The van der Waals surface area contributed by atoms with Crippen molar-refractivity contribution in [2.45, 2.75) is 88.2 Å². The van der Waals surface area contributed by atoms with Crippen LogP contribution in [0.1, 0.15) is 63.3 Å². The van der Waals surface area contributed by atoms with Crippen molar-refractivity contribution >= 4 is 56.2 Å². The normalized spacial score (nSPS) is 24.8. The maximum Gasteiger partial charge on any atom is 0.418 e. The van der Waals surface area contributed by atoms with Crippen LogP contribution in [0.15, 0.2) is 28.7 Å². The average molecular weight is 709 g/mol. The van der Waals surface area contributed by atoms with Crippen molar-refractivity contribution in [3.05, 3.63) is 40.4 Å². The van der Waals surface area contributed by atoms with Crippen molar-refractivity contribution < 1.29 is 46.3 Å². The molecule has 1 saturated carbocycles. The fourth-order valence-electron chi connectivity index (χ4n) is 5.76. The molecule has 5 rings (SSSR count). The third kappa shape index (κ3) is 7.06. The standard InChI is InChI=1S/C28H36N8O10S2/c1-27(2)21(24(38)36(27)46-48(41,42)43)34-23(37)20(17-12-47-26(31)33-17)35-45-28(3,25(39)40)19-9-5-13-10-14(4-8-18(13)44-19)22(30)32-16-7-6-15(29)11-16/h4,8,10,12,15-16,19,21H,5-7,9,11,29H2,1-3H3,(H2,30,32)(H2,31,33)(H,34,37)(H,39,40)(H,41,42,43)/b35-20-/t15-,16-,19-,21-,28?/m1/s1. The van der Waals surface area contributed by atoms with E-state index in [4.69, 9.17) is 31.0 Å². The Hall–Kier alpha value is -4.37. The highest BCUT2D eigenvalue weighted by Gasteiger charge is 2.58. The van der Waals surface area contributed by atoms with Gasteiger partial charge in [0.25, 0.3) is 17.4 Å². The van der Waals surface area contributed by atoms with Gasteiger partial charge >= 0.3 is 16.4 Å². The number of benzene rings is 1. The number of aliphatic carboxylic acids is 1. The summed E-state index contributed by atoms with van der Waals surface area (Å²) in [4.78, 5) is 48.3. The number of carbonyl (C=O) groups is 3. The van der Waals surface area contributed by atoms with Gasteiger partial charge < -0.3 is 36.8 Å². The molecule has 1 aliphatic carbocycles. The number of aromatic nitrogens is 1. The summed E-state index contributed by atoms with van der Waals surface area (Å²) >= 11 is 0.962. The molecule has 1 aromatic heterocycles. The zero-order valence-corrected chi connectivity index (χ0v) is 27.8. The summed E-state index contributed by atoms with van der Waals surface area (Å²) in [5.74, 6) is -2.80. The summed E-state index contributed by atoms with van der Waals surface area (Å²) < 4.78 is 41.7. The number of fused-ring (bicyclic) bond motifs is 1. The lowest BCUT2D eigenvalue weighted by Gasteiger charge is -2.50. The first kappa shape index (κ1) is 35.0. The van der Waals surface area contributed by atoms with Crippen molar-refractivity contribution in [2.24, 2.45) is 10.9 Å². The number of hydrogen-bond acceptors (Lipinski definition) is 14. The number of anilines is 1. The van der Waals surface area contributed by atoms with E-state index in [0.29, 0.717) is 22.8 Å². The number of nitrogens with one attached hydrogen (secondary N) is 3. The van der Waals surface area contributed by atoms with Crippen molar-refractivity contribution in [1.29, 1.82) is 5.41 Å². The van der Waals surface area contributed by atoms with Crippen LogP contribution in [-0.4, -0.2) is 92.8 Å². The molecule has 2 amide bonds. The van der Waals surface area contributed by atoms with Crippen molar-refractivity contribution in [1.82, 2.24) is 20.7 Å². The number of thiazole rings is 1. The van der Waals surface area contributed by atoms with E-state index in [2.05, 4.69) is 25.1 Å². The van der Waals surface area contributed by atoms with Crippen LogP contribution < -0.4 is 26.8 Å². The lowest BCUT2D eigenvalue weighted by atomic mass is 9.84. The van der Waals surface area contributed by atoms with Crippen LogP contribution in [0.4, 0.5) is 5.13 Å². The van der Waals surface area contributed by atoms with Gasteiger partial charge in [-0.2, -0.15) is 13.5 Å². The fraction of sp³-hybridized carbons (Fsp3) is 0.500. The lowest BCUT2D eigenvalue weighted by Crippen LogP contribution is -2.76. The number of carboxylic acids is 1. The maximum atomic E-state index is 13.4. The van der Waals surface area contributed by atoms with E-state index < -0.39 is 57.2 Å². The number of aryl methyl sites for hydroxylation is 1. The highest BCUT2D eigenvalue weighted by molar-refractivity contribution is 7.80. The van der Waals surface area contributed by atoms with Crippen LogP contribution in [0.3, 0.4) is 0 Å². The van der Waals surface area contributed by atoms with Gasteiger partial charge in [0.15, 0.2) is 16.9 Å². The first-order chi connectivity index (χ1) is 22.4. The molecule has 0 radical (unpaired) electrons. The predicted molar refractivity (Wildman–Crippen MR) is 170 cm³/mol. The molecule has 2 aliphatic heterocycles. The molecule has 3 aliphatic rings. The number of nitrogens with two attached hydrogens (primary N) is 2. The third-order valence-corrected chi connectivity index (χ3v) is 9.59. The molecule has 260 valence electrons. The number of nitrogens with zero attached hydrogens (tertiary/aromatic N) is 3. The smallest absolute Gasteiger partial charge is 0.418 e. The van der Waals surface area contributed by atoms with Crippen LogP contribution in [0.25, 0.3) is 0 Å². The zero-order valence-electron chi connectivity index (χ0n) is 26.1. The quantitative estimate of drug-likeness (QED) is 0.0544. The monoisotopic (exact) mass is 708 g/mol. The Bertz CT molecular complexity index is 1780. The maximum absolute atomic E-state index is 13.4. The Morgan fingerprint density at radius 3 is 2.58 bits per heavy atom. The Labute approximate surface area is 279 Å². The van der Waals surface area contributed by atoms with E-state index in [9.17, 15) is 27.9 Å². The number of rotatable bonds is 11. The third-order valence-electron chi connectivity index (χ3n) is 8.58. The van der Waals surface area contributed by atoms with Crippen LogP contribution in [0.2, 0.25) is 0 Å². The Morgan fingerprint density at radius 2 is 2.00 bits per heavy atom. The van der Waals surface area contributed by atoms with E-state index in [-0.39, 0.29) is 35.2 Å². The van der Waals surface area contributed by atoms with Gasteiger partial charge in [-0.25, -0.2) is 9.78 Å². The van der Waals surface area contributed by atoms with Gasteiger partial charge in [-0.3, -0.25) is 19.6 Å². The Balaban J connectivity index is 1.33. The summed E-state index contributed by atoms with van der Waals surface area (Å²) in [6, 6.07) is 4.07. The number of oxime groups is 1. The molecule has 5 atom stereocenters. The van der Waals surface area contributed by atoms with E-state index in [1.807, 2.05) is 6.07 Å². The molecule has 18 nitrogen and oxygen atoms in total. The fourth-order valence-corrected chi connectivity index (χ4v) is 6.76. The highest BCUT2D eigenvalue weighted by atomic mass is 32.3. The van der Waals surface area contributed by atoms with Gasteiger partial charge in [-0.1, -0.05) is 5.16 Å². The summed E-state index contributed by atoms with van der Waals surface area (Å²) in [5, 5.41) is 30.1. The van der Waals surface area contributed by atoms with E-state index >= 15 is 0 Å². The zero-order chi connectivity index (χ0) is 35.2.